The Kier molecular flexibility index (Phi) is 12.9. The summed E-state index contributed by atoms with van der Waals surface area (Å²) in [7, 11) is 0. The molecule has 3 aromatic heterocycles. The largest absolute Gasteiger partial charge is 0.414 e. The fraction of sp³-hybridized carbons (Fsp3) is 0.0440. The molecule has 7 heteroatoms. The summed E-state index contributed by atoms with van der Waals surface area (Å²) in [5.41, 5.74) is 25.5. The van der Waals surface area contributed by atoms with E-state index in [2.05, 4.69) is 354 Å². The van der Waals surface area contributed by atoms with Crippen LogP contribution >= 0.6 is 0 Å². The molecule has 3 aliphatic carbocycles. The molecule has 458 valence electrons. The smallest absolute Gasteiger partial charge is 0.405 e. The summed E-state index contributed by atoms with van der Waals surface area (Å²) in [5, 5.41) is 12.3. The van der Waals surface area contributed by atoms with Gasteiger partial charge in [0.25, 0.3) is 0 Å². The van der Waals surface area contributed by atoms with Gasteiger partial charge in [-0.1, -0.05) is 279 Å². The predicted octanol–water partition coefficient (Wildman–Crippen LogP) is 21.6. The standard InChI is InChI=1S/C91H61BN6/c1-5-26-57(27-6-1)89-64-35-14-13-30-59(64)54-85(94-89)97-82-47-24-22-40-69(82)80-53-61(49-51-83(80)97)77-56-84-86(70-41-19-17-38-67(70)77)75-45-25-44-73(88(75)92(96-62-31-9-3-10-32-62)98(84)63-33-11-4-12-34-63)79-55-76(65-36-15-16-37-66(65)79)60-48-50-72-78(52-60)68-39-18-20-42-71(68)87(72)91-93-81-46-23-21-43-74(81)90(95-91)58-28-7-2-8-29-58/h1-56,68,71,79,87,96H. The molecule has 0 fully saturated rings. The Morgan fingerprint density at radius 2 is 1.02 bits per heavy atom. The Morgan fingerprint density at radius 3 is 1.84 bits per heavy atom. The van der Waals surface area contributed by atoms with E-state index >= 15 is 0 Å². The van der Waals surface area contributed by atoms with Gasteiger partial charge in [0.15, 0.2) is 0 Å². The average Bonchev–Trinajstić information content (AvgIpc) is 0.927. The van der Waals surface area contributed by atoms with Crippen molar-refractivity contribution in [3.63, 3.8) is 0 Å². The summed E-state index contributed by atoms with van der Waals surface area (Å²) in [5.74, 6) is 2.01. The fourth-order valence-electron chi connectivity index (χ4n) is 16.9. The molecular weight excluding hydrogens is 1190 g/mol. The van der Waals surface area contributed by atoms with E-state index in [-0.39, 0.29) is 30.7 Å². The van der Waals surface area contributed by atoms with Crippen LogP contribution in [-0.2, 0) is 0 Å². The second-order valence-electron chi connectivity index (χ2n) is 26.4. The van der Waals surface area contributed by atoms with Gasteiger partial charge in [-0.15, -0.1) is 0 Å². The topological polar surface area (TPSA) is 58.9 Å². The quantitative estimate of drug-likeness (QED) is 0.138. The monoisotopic (exact) mass is 1250 g/mol. The van der Waals surface area contributed by atoms with E-state index in [9.17, 15) is 0 Å². The van der Waals surface area contributed by atoms with Gasteiger partial charge in [0.1, 0.15) is 11.6 Å². The maximum atomic E-state index is 5.53. The van der Waals surface area contributed by atoms with Gasteiger partial charge < -0.3 is 10.0 Å². The molecule has 0 radical (unpaired) electrons. The van der Waals surface area contributed by atoms with Crippen molar-refractivity contribution >= 4 is 89.3 Å². The molecule has 1 N–H and O–H groups in total. The van der Waals surface area contributed by atoms with Crippen LogP contribution < -0.4 is 15.5 Å². The first-order valence-electron chi connectivity index (χ1n) is 34.1. The highest BCUT2D eigenvalue weighted by Gasteiger charge is 2.44. The van der Waals surface area contributed by atoms with Gasteiger partial charge in [-0.05, 0) is 138 Å². The van der Waals surface area contributed by atoms with Crippen LogP contribution in [0, 0.1) is 5.92 Å². The molecule has 4 unspecified atom stereocenters. The minimum absolute atomic E-state index is 0.0201. The Bertz CT molecular complexity index is 6020. The SMILES string of the molecule is C1=CC2c3cc(C4=CC(c5cccc6c5B(Nc5ccccc5)N(c5ccccc5)c5cc(-c7ccc8c(c7)c7ccccc7n8-c7cc8ccccc8c(-c8ccccc8)n7)c7ccccc7c5-6)c5ccccc54)ccc3C(c3nc(-c4ccccc4)c4ccccc4n3)C2C=C1. The number of allylic oxidation sites excluding steroid dienone is 5. The maximum absolute atomic E-state index is 5.53. The third-order valence-electron chi connectivity index (χ3n) is 21.2. The second kappa shape index (κ2) is 22.6. The second-order valence-corrected chi connectivity index (χ2v) is 26.4. The zero-order chi connectivity index (χ0) is 64.4. The molecule has 13 aromatic carbocycles. The number of hydrogen-bond donors (Lipinski definition) is 1. The predicted molar refractivity (Wildman–Crippen MR) is 407 cm³/mol. The lowest BCUT2D eigenvalue weighted by Crippen LogP contribution is -2.56. The van der Waals surface area contributed by atoms with Crippen molar-refractivity contribution in [1.82, 2.24) is 19.5 Å². The molecule has 4 heterocycles. The van der Waals surface area contributed by atoms with Gasteiger partial charge in [0, 0.05) is 73.1 Å². The number of hydrogen-bond acceptors (Lipinski definition) is 5. The van der Waals surface area contributed by atoms with Crippen LogP contribution in [0.2, 0.25) is 0 Å². The Hall–Kier alpha value is -12.4. The third-order valence-corrected chi connectivity index (χ3v) is 21.2. The van der Waals surface area contributed by atoms with E-state index in [0.29, 0.717) is 0 Å². The Morgan fingerprint density at radius 1 is 0.388 bits per heavy atom. The molecule has 4 atom stereocenters. The summed E-state index contributed by atoms with van der Waals surface area (Å²) in [6.07, 6.45) is 11.8. The first-order valence-corrected chi connectivity index (χ1v) is 34.1. The molecule has 0 spiro atoms. The number of aromatic nitrogens is 4. The highest BCUT2D eigenvalue weighted by molar-refractivity contribution is 6.83. The molecule has 0 bridgehead atoms. The number of para-hydroxylation sites is 4. The first kappa shape index (κ1) is 56.0. The number of nitrogens with zero attached hydrogens (tertiary/aromatic N) is 5. The fourth-order valence-corrected chi connectivity index (χ4v) is 16.9. The number of pyridine rings is 1. The summed E-state index contributed by atoms with van der Waals surface area (Å²) in [4.78, 5) is 19.0. The zero-order valence-corrected chi connectivity index (χ0v) is 53.5. The Labute approximate surface area is 568 Å². The average molecular weight is 1250 g/mol. The summed E-state index contributed by atoms with van der Waals surface area (Å²) < 4.78 is 2.36. The van der Waals surface area contributed by atoms with Crippen molar-refractivity contribution in [3.05, 3.63) is 379 Å². The minimum Gasteiger partial charge on any atom is -0.405 e. The first-order chi connectivity index (χ1) is 48.6. The molecule has 0 saturated heterocycles. The van der Waals surface area contributed by atoms with Crippen molar-refractivity contribution in [2.75, 3.05) is 10.0 Å². The van der Waals surface area contributed by atoms with Crippen molar-refractivity contribution in [1.29, 1.82) is 0 Å². The molecule has 16 aromatic rings. The molecular formula is C91H61BN6. The number of nitrogens with one attached hydrogen (secondary N) is 1. The van der Waals surface area contributed by atoms with Crippen molar-refractivity contribution in [2.45, 2.75) is 17.8 Å². The molecule has 6 nitrogen and oxygen atoms in total. The van der Waals surface area contributed by atoms with Gasteiger partial charge in [-0.2, -0.15) is 0 Å². The van der Waals surface area contributed by atoms with Gasteiger partial charge in [0.2, 0.25) is 0 Å². The lowest BCUT2D eigenvalue weighted by atomic mass is 9.56. The van der Waals surface area contributed by atoms with E-state index < -0.39 is 0 Å². The molecule has 1 aliphatic heterocycles. The van der Waals surface area contributed by atoms with Crippen LogP contribution in [0.3, 0.4) is 0 Å². The van der Waals surface area contributed by atoms with Crippen LogP contribution in [0.5, 0.6) is 0 Å². The van der Waals surface area contributed by atoms with E-state index in [1.54, 1.807) is 0 Å². The molecule has 4 aliphatic rings. The number of benzene rings is 13. The Balaban J connectivity index is 0.757. The van der Waals surface area contributed by atoms with E-state index in [1.807, 2.05) is 0 Å². The van der Waals surface area contributed by atoms with Crippen LogP contribution in [0.4, 0.5) is 17.1 Å². The summed E-state index contributed by atoms with van der Waals surface area (Å²) in [6.45, 7) is -0.340. The van der Waals surface area contributed by atoms with Gasteiger partial charge >= 0.3 is 6.98 Å². The highest BCUT2D eigenvalue weighted by atomic mass is 15.2. The van der Waals surface area contributed by atoms with Crippen LogP contribution in [-0.4, -0.2) is 26.5 Å². The highest BCUT2D eigenvalue weighted by Crippen LogP contribution is 2.55. The molecule has 20 rings (SSSR count). The molecule has 98 heavy (non-hydrogen) atoms. The van der Waals surface area contributed by atoms with Gasteiger partial charge in [0.05, 0.1) is 33.9 Å². The van der Waals surface area contributed by atoms with Crippen LogP contribution in [0.1, 0.15) is 57.0 Å². The number of fused-ring (bicyclic) bond motifs is 14. The maximum Gasteiger partial charge on any atom is 0.414 e. The number of anilines is 3. The molecule has 0 amide bonds. The number of rotatable bonds is 10. The van der Waals surface area contributed by atoms with Gasteiger partial charge in [-0.25, -0.2) is 15.0 Å². The summed E-state index contributed by atoms with van der Waals surface area (Å²) >= 11 is 0. The lowest BCUT2D eigenvalue weighted by molar-refractivity contribution is 0.548. The van der Waals surface area contributed by atoms with E-state index in [4.69, 9.17) is 15.0 Å². The molecule has 0 saturated carbocycles. The van der Waals surface area contributed by atoms with Crippen LogP contribution in [0.25, 0.3) is 110 Å². The normalized spacial score (nSPS) is 16.5. The van der Waals surface area contributed by atoms with Crippen molar-refractivity contribution in [3.8, 4) is 50.6 Å². The minimum atomic E-state index is -0.340. The van der Waals surface area contributed by atoms with Crippen molar-refractivity contribution < 1.29 is 0 Å². The van der Waals surface area contributed by atoms with Crippen LogP contribution in [0.15, 0.2) is 340 Å². The summed E-state index contributed by atoms with van der Waals surface area (Å²) in [6, 6.07) is 113. The third kappa shape index (κ3) is 8.86. The van der Waals surface area contributed by atoms with Gasteiger partial charge in [-0.3, -0.25) is 4.57 Å². The van der Waals surface area contributed by atoms with E-state index in [1.165, 1.54) is 77.1 Å². The zero-order valence-electron chi connectivity index (χ0n) is 53.5. The lowest BCUT2D eigenvalue weighted by Gasteiger charge is -2.41. The van der Waals surface area contributed by atoms with Crippen molar-refractivity contribution in [2.24, 2.45) is 5.92 Å². The van der Waals surface area contributed by atoms with E-state index in [0.717, 1.165) is 95.1 Å².